The van der Waals surface area contributed by atoms with Crippen molar-refractivity contribution < 1.29 is 31.1 Å². The smallest absolute Gasteiger partial charge is 0.253 e. The average Bonchev–Trinajstić information content (AvgIpc) is 2.71. The molecule has 0 aliphatic carbocycles. The number of aryl methyl sites for hydroxylation is 1. The highest BCUT2D eigenvalue weighted by molar-refractivity contribution is 5.96. The molecule has 0 aliphatic rings. The van der Waals surface area contributed by atoms with Crippen molar-refractivity contribution >= 4 is 5.78 Å². The second-order valence-corrected chi connectivity index (χ2v) is 4.24. The number of halogens is 1. The Bertz CT molecular complexity index is 579. The molecule has 1 heterocycles. The molecule has 0 saturated heterocycles. The topological polar surface area (TPSA) is 35.1 Å². The fraction of sp³-hybridized carbons (Fsp3) is 0.286. The van der Waals surface area contributed by atoms with Gasteiger partial charge >= 0.3 is 0 Å². The molecule has 0 fully saturated rings. The molecule has 4 nitrogen and oxygen atoms in total. The van der Waals surface area contributed by atoms with Gasteiger partial charge in [0.25, 0.3) is 5.82 Å². The van der Waals surface area contributed by atoms with Gasteiger partial charge in [-0.2, -0.15) is 0 Å². The van der Waals surface area contributed by atoms with E-state index in [1.165, 1.54) is 0 Å². The summed E-state index contributed by atoms with van der Waals surface area (Å²) in [5.74, 6) is 1.83. The largest absolute Gasteiger partial charge is 1.00 e. The number of hydrogen-bond donors (Lipinski definition) is 0. The summed E-state index contributed by atoms with van der Waals surface area (Å²) >= 11 is 0. The molecule has 2 rings (SSSR count). The number of imidazole rings is 1. The number of ether oxygens (including phenoxy) is 1. The van der Waals surface area contributed by atoms with Crippen LogP contribution in [-0.2, 0) is 13.6 Å². The number of benzene rings is 1. The Morgan fingerprint density at radius 2 is 2.16 bits per heavy atom. The maximum atomic E-state index is 12.2. The third kappa shape index (κ3) is 3.44. The Morgan fingerprint density at radius 1 is 1.42 bits per heavy atom. The van der Waals surface area contributed by atoms with Crippen molar-refractivity contribution in [2.45, 2.75) is 13.5 Å². The van der Waals surface area contributed by atoms with Gasteiger partial charge in [-0.1, -0.05) is 12.1 Å². The van der Waals surface area contributed by atoms with E-state index in [0.29, 0.717) is 17.9 Å². The molecule has 1 aromatic heterocycles. The summed E-state index contributed by atoms with van der Waals surface area (Å²) in [6.07, 6.45) is 3.85. The first-order chi connectivity index (χ1) is 8.61. The third-order valence-corrected chi connectivity index (χ3v) is 3.10. The summed E-state index contributed by atoms with van der Waals surface area (Å²) in [6, 6.07) is 7.23. The standard InChI is InChI=1S/C14H17N2O2.BrH/c1-11-15(2)7-8-16(11)10-14(17)12-5-4-6-13(9-12)18-3;/h4-9H,10H2,1-3H3;1H/q+1;/p-1. The molecule has 102 valence electrons. The minimum atomic E-state index is 0. The zero-order chi connectivity index (χ0) is 13.1. The van der Waals surface area contributed by atoms with Crippen LogP contribution >= 0.6 is 0 Å². The normalized spacial score (nSPS) is 9.84. The van der Waals surface area contributed by atoms with Crippen LogP contribution in [0.25, 0.3) is 0 Å². The van der Waals surface area contributed by atoms with Crippen molar-refractivity contribution in [2.75, 3.05) is 7.11 Å². The molecule has 0 amide bonds. The van der Waals surface area contributed by atoms with Gasteiger partial charge in [-0.15, -0.1) is 0 Å². The number of carbonyl (C=O) groups is 1. The number of nitrogens with zero attached hydrogens (tertiary/aromatic N) is 2. The summed E-state index contributed by atoms with van der Waals surface area (Å²) in [6.45, 7) is 2.33. The van der Waals surface area contributed by atoms with Gasteiger partial charge in [0.1, 0.15) is 18.1 Å². The minimum absolute atomic E-state index is 0. The number of ketones is 1. The van der Waals surface area contributed by atoms with E-state index in [9.17, 15) is 4.79 Å². The lowest BCUT2D eigenvalue weighted by atomic mass is 10.1. The monoisotopic (exact) mass is 324 g/mol. The molecule has 0 aliphatic heterocycles. The maximum absolute atomic E-state index is 12.2. The zero-order valence-corrected chi connectivity index (χ0v) is 12.8. The number of Topliss-reactive ketones (excluding diaryl/α,β-unsaturated/α-hetero) is 1. The predicted octanol–water partition coefficient (Wildman–Crippen LogP) is -1.48. The van der Waals surface area contributed by atoms with E-state index in [2.05, 4.69) is 0 Å². The van der Waals surface area contributed by atoms with E-state index in [1.807, 2.05) is 53.7 Å². The molecular weight excluding hydrogens is 308 g/mol. The van der Waals surface area contributed by atoms with E-state index in [4.69, 9.17) is 4.74 Å². The van der Waals surface area contributed by atoms with Gasteiger partial charge < -0.3 is 21.7 Å². The molecule has 0 spiro atoms. The van der Waals surface area contributed by atoms with Crippen LogP contribution in [0.15, 0.2) is 36.7 Å². The summed E-state index contributed by atoms with van der Waals surface area (Å²) in [4.78, 5) is 12.2. The fourth-order valence-corrected chi connectivity index (χ4v) is 1.81. The molecule has 2 aromatic rings. The summed E-state index contributed by atoms with van der Waals surface area (Å²) in [7, 11) is 3.56. The summed E-state index contributed by atoms with van der Waals surface area (Å²) in [5.41, 5.74) is 0.671. The van der Waals surface area contributed by atoms with Crippen molar-refractivity contribution in [1.29, 1.82) is 0 Å². The second-order valence-electron chi connectivity index (χ2n) is 4.24. The Morgan fingerprint density at radius 3 is 2.74 bits per heavy atom. The second kappa shape index (κ2) is 6.52. The van der Waals surface area contributed by atoms with Crippen LogP contribution in [0.2, 0.25) is 0 Å². The van der Waals surface area contributed by atoms with Crippen LogP contribution < -0.4 is 26.3 Å². The Labute approximate surface area is 123 Å². The maximum Gasteiger partial charge on any atom is 0.253 e. The molecular formula is C14H17BrN2O2. The van der Waals surface area contributed by atoms with Crippen LogP contribution in [0.5, 0.6) is 5.75 Å². The lowest BCUT2D eigenvalue weighted by Gasteiger charge is -2.03. The molecule has 0 atom stereocenters. The van der Waals surface area contributed by atoms with Crippen molar-refractivity contribution in [3.8, 4) is 5.75 Å². The van der Waals surface area contributed by atoms with Crippen molar-refractivity contribution in [2.24, 2.45) is 7.05 Å². The van der Waals surface area contributed by atoms with Crippen molar-refractivity contribution in [3.05, 3.63) is 48.0 Å². The quantitative estimate of drug-likeness (QED) is 0.508. The van der Waals surface area contributed by atoms with E-state index in [-0.39, 0.29) is 22.8 Å². The molecule has 0 N–H and O–H groups in total. The van der Waals surface area contributed by atoms with Gasteiger partial charge in [0, 0.05) is 12.5 Å². The molecule has 0 unspecified atom stereocenters. The molecule has 5 heteroatoms. The number of rotatable bonds is 4. The van der Waals surface area contributed by atoms with Crippen molar-refractivity contribution in [1.82, 2.24) is 4.57 Å². The number of methoxy groups -OCH3 is 1. The van der Waals surface area contributed by atoms with Crippen LogP contribution in [-0.4, -0.2) is 17.5 Å². The molecule has 1 aromatic carbocycles. The van der Waals surface area contributed by atoms with Gasteiger partial charge in [-0.05, 0) is 12.1 Å². The predicted molar refractivity (Wildman–Crippen MR) is 67.7 cm³/mol. The highest BCUT2D eigenvalue weighted by Gasteiger charge is 2.15. The van der Waals surface area contributed by atoms with E-state index < -0.39 is 0 Å². The Balaban J connectivity index is 0.00000180. The SMILES string of the molecule is COc1cccc(C(=O)Cn2cc[n+](C)c2C)c1.[Br-]. The molecule has 0 bridgehead atoms. The Kier molecular flexibility index (Phi) is 5.30. The summed E-state index contributed by atoms with van der Waals surface area (Å²) in [5, 5.41) is 0. The van der Waals surface area contributed by atoms with Gasteiger partial charge in [-0.3, -0.25) is 4.79 Å². The first-order valence-corrected chi connectivity index (χ1v) is 5.80. The van der Waals surface area contributed by atoms with Crippen LogP contribution in [0, 0.1) is 6.92 Å². The van der Waals surface area contributed by atoms with Gasteiger partial charge in [0.2, 0.25) is 5.78 Å². The first kappa shape index (κ1) is 15.4. The molecule has 19 heavy (non-hydrogen) atoms. The van der Waals surface area contributed by atoms with Crippen LogP contribution in [0.1, 0.15) is 16.2 Å². The summed E-state index contributed by atoms with van der Waals surface area (Å²) < 4.78 is 9.04. The first-order valence-electron chi connectivity index (χ1n) is 5.80. The van der Waals surface area contributed by atoms with E-state index in [1.54, 1.807) is 13.2 Å². The fourth-order valence-electron chi connectivity index (χ4n) is 1.81. The van der Waals surface area contributed by atoms with Crippen molar-refractivity contribution in [3.63, 3.8) is 0 Å². The number of hydrogen-bond acceptors (Lipinski definition) is 2. The average molecular weight is 325 g/mol. The van der Waals surface area contributed by atoms with Crippen LogP contribution in [0.3, 0.4) is 0 Å². The molecule has 0 saturated carbocycles. The zero-order valence-electron chi connectivity index (χ0n) is 11.3. The number of carbonyl (C=O) groups excluding carboxylic acids is 1. The van der Waals surface area contributed by atoms with E-state index >= 15 is 0 Å². The lowest BCUT2D eigenvalue weighted by Crippen LogP contribution is -3.00. The highest BCUT2D eigenvalue weighted by Crippen LogP contribution is 2.13. The van der Waals surface area contributed by atoms with Gasteiger partial charge in [0.15, 0.2) is 6.54 Å². The molecule has 0 radical (unpaired) electrons. The van der Waals surface area contributed by atoms with E-state index in [0.717, 1.165) is 5.82 Å². The van der Waals surface area contributed by atoms with Gasteiger partial charge in [-0.25, -0.2) is 9.13 Å². The highest BCUT2D eigenvalue weighted by atomic mass is 79.9. The third-order valence-electron chi connectivity index (χ3n) is 3.10. The van der Waals surface area contributed by atoms with Crippen LogP contribution in [0.4, 0.5) is 0 Å². The Hall–Kier alpha value is -1.62. The minimum Gasteiger partial charge on any atom is -1.00 e. The number of aromatic nitrogens is 2. The lowest BCUT2D eigenvalue weighted by molar-refractivity contribution is -0.677. The van der Waals surface area contributed by atoms with Gasteiger partial charge in [0.05, 0.1) is 14.2 Å².